The van der Waals surface area contributed by atoms with Crippen LogP contribution < -0.4 is 17.0 Å². The van der Waals surface area contributed by atoms with Crippen molar-refractivity contribution in [2.45, 2.75) is 6.42 Å². The zero-order valence-corrected chi connectivity index (χ0v) is 8.63. The second-order valence-electron chi connectivity index (χ2n) is 3.01. The Morgan fingerprint density at radius 3 is 2.27 bits per heavy atom. The molecule has 0 heterocycles. The van der Waals surface area contributed by atoms with Crippen molar-refractivity contribution in [2.75, 3.05) is 33.8 Å². The van der Waals surface area contributed by atoms with Crippen LogP contribution in [0.3, 0.4) is 0 Å². The van der Waals surface area contributed by atoms with Crippen molar-refractivity contribution in [3.05, 3.63) is 0 Å². The highest BCUT2D eigenvalue weighted by atomic mass is 79.9. The van der Waals surface area contributed by atoms with Gasteiger partial charge in [0.2, 0.25) is 0 Å². The van der Waals surface area contributed by atoms with E-state index in [-0.39, 0.29) is 23.6 Å². The summed E-state index contributed by atoms with van der Waals surface area (Å²) < 4.78 is 0.726. The van der Waals surface area contributed by atoms with E-state index in [4.69, 9.17) is 10.4 Å². The summed E-state index contributed by atoms with van der Waals surface area (Å²) in [7, 11) is 4.01. The summed E-state index contributed by atoms with van der Waals surface area (Å²) in [6, 6.07) is 2.08. The van der Waals surface area contributed by atoms with Gasteiger partial charge in [0.05, 0.1) is 39.7 Å². The lowest BCUT2D eigenvalue weighted by Gasteiger charge is -2.27. The monoisotopic (exact) mass is 222 g/mol. The zero-order chi connectivity index (χ0) is 8.04. The van der Waals surface area contributed by atoms with E-state index in [0.717, 1.165) is 17.6 Å². The van der Waals surface area contributed by atoms with Crippen LogP contribution in [-0.2, 0) is 0 Å². The molecule has 0 fully saturated rings. The van der Waals surface area contributed by atoms with Crippen molar-refractivity contribution in [1.82, 2.24) is 0 Å². The fourth-order valence-electron chi connectivity index (χ4n) is 0.735. The summed E-state index contributed by atoms with van der Waals surface area (Å²) in [6.45, 7) is 1.73. The third-order valence-electron chi connectivity index (χ3n) is 1.53. The Balaban J connectivity index is 0. The van der Waals surface area contributed by atoms with Crippen molar-refractivity contribution < 1.29 is 26.6 Å². The van der Waals surface area contributed by atoms with Gasteiger partial charge in [-0.2, -0.15) is 5.26 Å². The second kappa shape index (κ2) is 6.59. The van der Waals surface area contributed by atoms with E-state index in [2.05, 4.69) is 6.07 Å². The van der Waals surface area contributed by atoms with Gasteiger partial charge in [-0.3, -0.25) is 0 Å². The predicted molar refractivity (Wildman–Crippen MR) is 39.2 cm³/mol. The largest absolute Gasteiger partial charge is 1.00 e. The van der Waals surface area contributed by atoms with Crippen LogP contribution >= 0.6 is 0 Å². The van der Waals surface area contributed by atoms with Crippen LogP contribution in [0.25, 0.3) is 0 Å². The predicted octanol–water partition coefficient (Wildman–Crippen LogP) is -3.03. The van der Waals surface area contributed by atoms with Gasteiger partial charge in [-0.05, 0) is 0 Å². The maximum atomic E-state index is 8.60. The molecule has 0 radical (unpaired) electrons. The average Bonchev–Trinajstić information content (AvgIpc) is 1.84. The van der Waals surface area contributed by atoms with Gasteiger partial charge in [0.25, 0.3) is 0 Å². The van der Waals surface area contributed by atoms with Crippen LogP contribution in [0.5, 0.6) is 0 Å². The van der Waals surface area contributed by atoms with Crippen molar-refractivity contribution >= 4 is 0 Å². The third-order valence-corrected chi connectivity index (χ3v) is 1.53. The number of hydrogen-bond acceptors (Lipinski definition) is 2. The first-order chi connectivity index (χ1) is 4.62. The highest BCUT2D eigenvalue weighted by molar-refractivity contribution is 4.67. The number of quaternary nitrogens is 1. The molecule has 0 bridgehead atoms. The summed E-state index contributed by atoms with van der Waals surface area (Å²) >= 11 is 0. The molecular formula is C7H15BrN2O. The number of aliphatic hydroxyl groups is 1. The number of nitriles is 1. The minimum Gasteiger partial charge on any atom is -1.00 e. The number of nitrogens with zero attached hydrogens (tertiary/aromatic N) is 2. The molecule has 0 atom stereocenters. The van der Waals surface area contributed by atoms with Gasteiger partial charge in [-0.1, -0.05) is 0 Å². The SMILES string of the molecule is C[N+](C)(CCO)CCC#N.[Br-]. The summed E-state index contributed by atoms with van der Waals surface area (Å²) in [4.78, 5) is 0. The molecule has 0 amide bonds. The minimum atomic E-state index is 0. The second-order valence-corrected chi connectivity index (χ2v) is 3.01. The van der Waals surface area contributed by atoms with Crippen LogP contribution in [0.2, 0.25) is 0 Å². The van der Waals surface area contributed by atoms with Gasteiger partial charge in [-0.15, -0.1) is 0 Å². The summed E-state index contributed by atoms with van der Waals surface area (Å²) in [5.74, 6) is 0. The Hall–Kier alpha value is -0.110. The van der Waals surface area contributed by atoms with E-state index in [9.17, 15) is 0 Å². The molecule has 11 heavy (non-hydrogen) atoms. The van der Waals surface area contributed by atoms with E-state index in [0.29, 0.717) is 6.42 Å². The quantitative estimate of drug-likeness (QED) is 0.515. The van der Waals surface area contributed by atoms with Gasteiger partial charge in [0, 0.05) is 0 Å². The number of halogens is 1. The molecule has 0 saturated heterocycles. The molecule has 0 aromatic rings. The van der Waals surface area contributed by atoms with Crippen LogP contribution in [0, 0.1) is 11.3 Å². The molecule has 0 spiro atoms. The van der Waals surface area contributed by atoms with E-state index in [1.165, 1.54) is 0 Å². The lowest BCUT2D eigenvalue weighted by Crippen LogP contribution is -3.00. The average molecular weight is 223 g/mol. The van der Waals surface area contributed by atoms with Crippen molar-refractivity contribution in [1.29, 1.82) is 5.26 Å². The Kier molecular flexibility index (Phi) is 8.08. The first-order valence-electron chi connectivity index (χ1n) is 3.42. The van der Waals surface area contributed by atoms with E-state index < -0.39 is 0 Å². The van der Waals surface area contributed by atoms with Crippen LogP contribution in [0.4, 0.5) is 0 Å². The summed E-state index contributed by atoms with van der Waals surface area (Å²) in [6.07, 6.45) is 0.562. The van der Waals surface area contributed by atoms with Gasteiger partial charge < -0.3 is 26.6 Å². The van der Waals surface area contributed by atoms with Crippen molar-refractivity contribution in [3.8, 4) is 6.07 Å². The zero-order valence-electron chi connectivity index (χ0n) is 7.05. The van der Waals surface area contributed by atoms with Gasteiger partial charge >= 0.3 is 0 Å². The summed E-state index contributed by atoms with van der Waals surface area (Å²) in [5.41, 5.74) is 0. The Bertz CT molecular complexity index is 131. The minimum absolute atomic E-state index is 0. The lowest BCUT2D eigenvalue weighted by atomic mass is 10.3. The molecule has 0 saturated carbocycles. The molecule has 66 valence electrons. The van der Waals surface area contributed by atoms with E-state index in [1.54, 1.807) is 0 Å². The van der Waals surface area contributed by atoms with E-state index in [1.807, 2.05) is 14.1 Å². The molecule has 3 nitrogen and oxygen atoms in total. The van der Waals surface area contributed by atoms with Gasteiger partial charge in [-0.25, -0.2) is 0 Å². The highest BCUT2D eigenvalue weighted by Crippen LogP contribution is 1.96. The number of likely N-dealkylation sites (N-methyl/N-ethyl adjacent to an activating group) is 1. The number of rotatable bonds is 4. The molecule has 0 aliphatic carbocycles. The third kappa shape index (κ3) is 7.79. The highest BCUT2D eigenvalue weighted by Gasteiger charge is 2.12. The van der Waals surface area contributed by atoms with Crippen molar-refractivity contribution in [2.24, 2.45) is 0 Å². The van der Waals surface area contributed by atoms with Gasteiger partial charge in [0.1, 0.15) is 6.54 Å². The lowest BCUT2D eigenvalue weighted by molar-refractivity contribution is -0.890. The molecule has 0 aromatic heterocycles. The Morgan fingerprint density at radius 2 is 1.91 bits per heavy atom. The Labute approximate surface area is 78.6 Å². The first kappa shape index (κ1) is 13.5. The molecule has 1 N–H and O–H groups in total. The van der Waals surface area contributed by atoms with Crippen molar-refractivity contribution in [3.63, 3.8) is 0 Å². The maximum absolute atomic E-state index is 8.60. The molecule has 0 aromatic carbocycles. The van der Waals surface area contributed by atoms with Crippen LogP contribution in [-0.4, -0.2) is 43.4 Å². The molecular weight excluding hydrogens is 208 g/mol. The standard InChI is InChI=1S/C7H15N2O.BrH/c1-9(2,6-7-10)5-3-4-8;/h10H,3,5-7H2,1-2H3;1H/q+1;/p-1. The molecule has 0 aliphatic heterocycles. The molecule has 0 aliphatic rings. The Morgan fingerprint density at radius 1 is 1.36 bits per heavy atom. The van der Waals surface area contributed by atoms with Crippen LogP contribution in [0.15, 0.2) is 0 Å². The fraction of sp³-hybridized carbons (Fsp3) is 0.857. The molecule has 0 rings (SSSR count). The number of aliphatic hydroxyl groups excluding tert-OH is 1. The van der Waals surface area contributed by atoms with E-state index >= 15 is 0 Å². The topological polar surface area (TPSA) is 44.0 Å². The molecule has 0 unspecified atom stereocenters. The number of hydrogen-bond donors (Lipinski definition) is 1. The maximum Gasteiger partial charge on any atom is 0.102 e. The smallest absolute Gasteiger partial charge is 0.102 e. The first-order valence-corrected chi connectivity index (χ1v) is 3.42. The van der Waals surface area contributed by atoms with Gasteiger partial charge in [0.15, 0.2) is 0 Å². The van der Waals surface area contributed by atoms with Crippen LogP contribution in [0.1, 0.15) is 6.42 Å². The molecule has 4 heteroatoms. The fourth-order valence-corrected chi connectivity index (χ4v) is 0.735. The summed E-state index contributed by atoms with van der Waals surface area (Å²) in [5, 5.41) is 16.9. The normalized spacial score (nSPS) is 10.0.